The fourth-order valence-electron chi connectivity index (χ4n) is 1.92. The molecule has 0 bridgehead atoms. The largest absolute Gasteiger partial charge is 0.497 e. The molecule has 0 aromatic heterocycles. The number of carbonyl (C=O) groups is 1. The lowest BCUT2D eigenvalue weighted by molar-refractivity contribution is 0.0932. The van der Waals surface area contributed by atoms with Gasteiger partial charge in [0.05, 0.1) is 13.2 Å². The molecule has 0 saturated heterocycles. The van der Waals surface area contributed by atoms with E-state index >= 15 is 0 Å². The van der Waals surface area contributed by atoms with Gasteiger partial charge in [-0.1, -0.05) is 48.6 Å². The van der Waals surface area contributed by atoms with Gasteiger partial charge in [0.1, 0.15) is 5.75 Å². The average Bonchev–Trinajstić information content (AvgIpc) is 2.58. The van der Waals surface area contributed by atoms with E-state index < -0.39 is 6.10 Å². The molecule has 2 rings (SSSR count). The lowest BCUT2D eigenvalue weighted by Gasteiger charge is -2.09. The Hall–Kier alpha value is -2.59. The lowest BCUT2D eigenvalue weighted by atomic mass is 10.2. The minimum Gasteiger partial charge on any atom is -0.497 e. The zero-order valence-electron chi connectivity index (χ0n) is 12.4. The molecule has 0 spiro atoms. The van der Waals surface area contributed by atoms with Crippen molar-refractivity contribution >= 4 is 12.0 Å². The number of methoxy groups -OCH3 is 1. The first-order valence-corrected chi connectivity index (χ1v) is 7.02. The van der Waals surface area contributed by atoms with Gasteiger partial charge in [-0.2, -0.15) is 0 Å². The molecule has 114 valence electrons. The van der Waals surface area contributed by atoms with Crippen molar-refractivity contribution in [2.75, 3.05) is 13.7 Å². The summed E-state index contributed by atoms with van der Waals surface area (Å²) in [6.07, 6.45) is 2.73. The maximum Gasteiger partial charge on any atom is 0.251 e. The van der Waals surface area contributed by atoms with E-state index in [1.54, 1.807) is 37.5 Å². The fraction of sp³-hybridized carbons (Fsp3) is 0.167. The van der Waals surface area contributed by atoms with Crippen LogP contribution in [0.2, 0.25) is 0 Å². The van der Waals surface area contributed by atoms with Crippen LogP contribution in [0, 0.1) is 0 Å². The number of carbonyl (C=O) groups excluding carboxylic acids is 1. The average molecular weight is 297 g/mol. The van der Waals surface area contributed by atoms with Crippen LogP contribution in [0.15, 0.2) is 60.7 Å². The van der Waals surface area contributed by atoms with E-state index in [9.17, 15) is 9.90 Å². The summed E-state index contributed by atoms with van der Waals surface area (Å²) in [5.41, 5.74) is 1.50. The summed E-state index contributed by atoms with van der Waals surface area (Å²) < 4.78 is 5.08. The van der Waals surface area contributed by atoms with Crippen molar-refractivity contribution in [3.05, 3.63) is 71.8 Å². The number of ether oxygens (including phenoxy) is 1. The first-order valence-electron chi connectivity index (χ1n) is 7.02. The van der Waals surface area contributed by atoms with Gasteiger partial charge < -0.3 is 15.2 Å². The van der Waals surface area contributed by atoms with E-state index in [1.807, 2.05) is 36.4 Å². The van der Waals surface area contributed by atoms with Crippen LogP contribution in [-0.2, 0) is 0 Å². The van der Waals surface area contributed by atoms with Gasteiger partial charge in [0.2, 0.25) is 0 Å². The molecular formula is C18H19NO3. The molecule has 0 aliphatic carbocycles. The number of hydrogen-bond acceptors (Lipinski definition) is 3. The lowest BCUT2D eigenvalue weighted by Crippen LogP contribution is -2.31. The van der Waals surface area contributed by atoms with E-state index in [2.05, 4.69) is 5.32 Å². The van der Waals surface area contributed by atoms with Crippen LogP contribution in [-0.4, -0.2) is 30.8 Å². The number of aliphatic hydroxyl groups is 1. The molecule has 0 fully saturated rings. The third-order valence-corrected chi connectivity index (χ3v) is 3.11. The van der Waals surface area contributed by atoms with Crippen LogP contribution in [0.3, 0.4) is 0 Å². The monoisotopic (exact) mass is 297 g/mol. The van der Waals surface area contributed by atoms with Crippen molar-refractivity contribution in [1.29, 1.82) is 0 Å². The van der Waals surface area contributed by atoms with Crippen LogP contribution in [0.1, 0.15) is 15.9 Å². The van der Waals surface area contributed by atoms with E-state index in [0.29, 0.717) is 11.3 Å². The molecule has 0 aliphatic rings. The number of nitrogens with one attached hydrogen (secondary N) is 1. The molecule has 1 atom stereocenters. The number of rotatable bonds is 6. The summed E-state index contributed by atoms with van der Waals surface area (Å²) in [6.45, 7) is 0.152. The van der Waals surface area contributed by atoms with Gasteiger partial charge in [-0.15, -0.1) is 0 Å². The molecule has 0 saturated carbocycles. The second-order valence-corrected chi connectivity index (χ2v) is 4.78. The molecule has 4 nitrogen and oxygen atoms in total. The van der Waals surface area contributed by atoms with Gasteiger partial charge in [0.15, 0.2) is 0 Å². The molecule has 2 aromatic carbocycles. The Kier molecular flexibility index (Phi) is 5.74. The highest BCUT2D eigenvalue weighted by Gasteiger charge is 2.08. The van der Waals surface area contributed by atoms with Crippen molar-refractivity contribution in [3.63, 3.8) is 0 Å². The number of hydrogen-bond donors (Lipinski definition) is 2. The van der Waals surface area contributed by atoms with E-state index in [1.165, 1.54) is 0 Å². The van der Waals surface area contributed by atoms with Crippen LogP contribution in [0.25, 0.3) is 6.08 Å². The maximum atomic E-state index is 12.0. The van der Waals surface area contributed by atoms with Crippen molar-refractivity contribution in [1.82, 2.24) is 5.32 Å². The summed E-state index contributed by atoms with van der Waals surface area (Å²) >= 11 is 0. The molecule has 1 unspecified atom stereocenters. The summed E-state index contributed by atoms with van der Waals surface area (Å²) in [6, 6.07) is 16.5. The van der Waals surface area contributed by atoms with Crippen LogP contribution in [0.5, 0.6) is 5.75 Å². The van der Waals surface area contributed by atoms with E-state index in [-0.39, 0.29) is 12.5 Å². The van der Waals surface area contributed by atoms with E-state index in [4.69, 9.17) is 4.74 Å². The third-order valence-electron chi connectivity index (χ3n) is 3.11. The Bertz CT molecular complexity index is 638. The number of aliphatic hydroxyl groups excluding tert-OH is 1. The molecule has 2 aromatic rings. The normalized spacial score (nSPS) is 12.1. The van der Waals surface area contributed by atoms with Crippen LogP contribution >= 0.6 is 0 Å². The van der Waals surface area contributed by atoms with Crippen molar-refractivity contribution in [3.8, 4) is 5.75 Å². The van der Waals surface area contributed by atoms with Crippen molar-refractivity contribution in [2.45, 2.75) is 6.10 Å². The molecule has 0 radical (unpaired) electrons. The smallest absolute Gasteiger partial charge is 0.251 e. The van der Waals surface area contributed by atoms with Crippen molar-refractivity contribution in [2.24, 2.45) is 0 Å². The Morgan fingerprint density at radius 1 is 1.23 bits per heavy atom. The zero-order valence-corrected chi connectivity index (χ0v) is 12.4. The summed E-state index contributed by atoms with van der Waals surface area (Å²) in [5, 5.41) is 12.6. The van der Waals surface area contributed by atoms with Gasteiger partial charge in [-0.25, -0.2) is 0 Å². The quantitative estimate of drug-likeness (QED) is 0.861. The molecule has 0 aliphatic heterocycles. The fourth-order valence-corrected chi connectivity index (χ4v) is 1.92. The third kappa shape index (κ3) is 4.75. The number of amides is 1. The molecular weight excluding hydrogens is 278 g/mol. The number of benzene rings is 2. The Morgan fingerprint density at radius 2 is 2.00 bits per heavy atom. The SMILES string of the molecule is COc1cccc(C(=O)NCC(O)/C=C/c2ccccc2)c1. The summed E-state index contributed by atoms with van der Waals surface area (Å²) in [4.78, 5) is 12.0. The standard InChI is InChI=1S/C18H19NO3/c1-22-17-9-5-8-15(12-17)18(21)19-13-16(20)11-10-14-6-3-2-4-7-14/h2-12,16,20H,13H2,1H3,(H,19,21)/b11-10+. The highest BCUT2D eigenvalue weighted by atomic mass is 16.5. The molecule has 22 heavy (non-hydrogen) atoms. The molecule has 1 amide bonds. The Balaban J connectivity index is 1.86. The topological polar surface area (TPSA) is 58.6 Å². The first-order chi connectivity index (χ1) is 10.7. The minimum absolute atomic E-state index is 0.152. The predicted molar refractivity (Wildman–Crippen MR) is 86.8 cm³/mol. The highest BCUT2D eigenvalue weighted by Crippen LogP contribution is 2.12. The Morgan fingerprint density at radius 3 is 2.73 bits per heavy atom. The first kappa shape index (κ1) is 15.8. The van der Waals surface area contributed by atoms with Gasteiger partial charge in [-0.05, 0) is 23.8 Å². The Labute approximate surface area is 130 Å². The van der Waals surface area contributed by atoms with Gasteiger partial charge >= 0.3 is 0 Å². The summed E-state index contributed by atoms with van der Waals surface area (Å²) in [7, 11) is 1.55. The van der Waals surface area contributed by atoms with Crippen LogP contribution in [0.4, 0.5) is 0 Å². The molecule has 2 N–H and O–H groups in total. The van der Waals surface area contributed by atoms with Gasteiger partial charge in [0, 0.05) is 12.1 Å². The van der Waals surface area contributed by atoms with Gasteiger partial charge in [-0.3, -0.25) is 4.79 Å². The minimum atomic E-state index is -0.741. The van der Waals surface area contributed by atoms with Gasteiger partial charge in [0.25, 0.3) is 5.91 Å². The van der Waals surface area contributed by atoms with E-state index in [0.717, 1.165) is 5.56 Å². The molecule has 4 heteroatoms. The second kappa shape index (κ2) is 8.00. The zero-order chi connectivity index (χ0) is 15.8. The maximum absolute atomic E-state index is 12.0. The summed E-state index contributed by atoms with van der Waals surface area (Å²) in [5.74, 6) is 0.378. The predicted octanol–water partition coefficient (Wildman–Crippen LogP) is 2.50. The van der Waals surface area contributed by atoms with Crippen molar-refractivity contribution < 1.29 is 14.6 Å². The molecule has 0 heterocycles. The second-order valence-electron chi connectivity index (χ2n) is 4.78. The highest BCUT2D eigenvalue weighted by molar-refractivity contribution is 5.94. The van der Waals surface area contributed by atoms with Crippen LogP contribution < -0.4 is 10.1 Å².